The molecule has 3 N–H and O–H groups in total. The van der Waals surface area contributed by atoms with Gasteiger partial charge in [0.1, 0.15) is 5.69 Å². The van der Waals surface area contributed by atoms with Crippen LogP contribution in [-0.4, -0.2) is 27.0 Å². The van der Waals surface area contributed by atoms with E-state index in [0.717, 1.165) is 38.2 Å². The van der Waals surface area contributed by atoms with Gasteiger partial charge in [0.15, 0.2) is 10.0 Å². The SMILES string of the molecule is Cc1cnc(-c2nc(C(=O)NCc3ccc(C(=O)NO)cc3)c(C3CC3)s2)s1. The highest BCUT2D eigenvalue weighted by molar-refractivity contribution is 7.21. The fraction of sp³-hybridized carbons (Fsp3) is 0.263. The van der Waals surface area contributed by atoms with Crippen LogP contribution in [0.2, 0.25) is 0 Å². The number of aromatic nitrogens is 2. The maximum Gasteiger partial charge on any atom is 0.274 e. The molecular weight excluding hydrogens is 396 g/mol. The number of carbonyl (C=O) groups excluding carboxylic acids is 2. The van der Waals surface area contributed by atoms with Gasteiger partial charge in [-0.15, -0.1) is 22.7 Å². The summed E-state index contributed by atoms with van der Waals surface area (Å²) in [5.41, 5.74) is 3.28. The van der Waals surface area contributed by atoms with Crippen molar-refractivity contribution in [2.45, 2.75) is 32.2 Å². The second kappa shape index (κ2) is 7.78. The second-order valence-corrected chi connectivity index (χ2v) is 8.87. The quantitative estimate of drug-likeness (QED) is 0.423. The Kier molecular flexibility index (Phi) is 5.21. The summed E-state index contributed by atoms with van der Waals surface area (Å²) in [4.78, 5) is 35.2. The lowest BCUT2D eigenvalue weighted by molar-refractivity contribution is 0.0706. The molecule has 0 bridgehead atoms. The molecule has 144 valence electrons. The molecule has 9 heteroatoms. The molecule has 1 aromatic carbocycles. The van der Waals surface area contributed by atoms with E-state index in [1.807, 2.05) is 13.1 Å². The molecule has 0 spiro atoms. The lowest BCUT2D eigenvalue weighted by Crippen LogP contribution is -2.24. The first kappa shape index (κ1) is 18.7. The Morgan fingerprint density at radius 1 is 1.14 bits per heavy atom. The van der Waals surface area contributed by atoms with Crippen LogP contribution in [0.5, 0.6) is 0 Å². The zero-order valence-electron chi connectivity index (χ0n) is 15.1. The number of thiazole rings is 2. The number of hydrogen-bond acceptors (Lipinski definition) is 7. The third-order valence-electron chi connectivity index (χ3n) is 4.39. The summed E-state index contributed by atoms with van der Waals surface area (Å²) in [5.74, 6) is -0.351. The van der Waals surface area contributed by atoms with E-state index in [-0.39, 0.29) is 5.91 Å². The van der Waals surface area contributed by atoms with E-state index in [1.54, 1.807) is 52.4 Å². The normalized spacial score (nSPS) is 13.4. The Balaban J connectivity index is 1.48. The molecule has 0 aliphatic heterocycles. The third kappa shape index (κ3) is 3.96. The van der Waals surface area contributed by atoms with Crippen molar-refractivity contribution in [3.8, 4) is 10.0 Å². The van der Waals surface area contributed by atoms with Crippen LogP contribution in [0.3, 0.4) is 0 Å². The van der Waals surface area contributed by atoms with Crippen LogP contribution in [0.15, 0.2) is 30.5 Å². The van der Waals surface area contributed by atoms with Crippen LogP contribution < -0.4 is 10.8 Å². The summed E-state index contributed by atoms with van der Waals surface area (Å²) in [6.07, 6.45) is 4.00. The van der Waals surface area contributed by atoms with E-state index in [4.69, 9.17) is 5.21 Å². The van der Waals surface area contributed by atoms with Crippen LogP contribution in [0.25, 0.3) is 10.0 Å². The van der Waals surface area contributed by atoms with Crippen LogP contribution in [-0.2, 0) is 6.54 Å². The van der Waals surface area contributed by atoms with Gasteiger partial charge in [-0.1, -0.05) is 12.1 Å². The zero-order chi connectivity index (χ0) is 19.7. The van der Waals surface area contributed by atoms with Crippen LogP contribution in [0.4, 0.5) is 0 Å². The molecule has 0 atom stereocenters. The average molecular weight is 415 g/mol. The van der Waals surface area contributed by atoms with Crippen molar-refractivity contribution in [2.24, 2.45) is 0 Å². The Hall–Kier alpha value is -2.62. The Bertz CT molecular complexity index is 1020. The highest BCUT2D eigenvalue weighted by Gasteiger charge is 2.32. The number of nitrogens with one attached hydrogen (secondary N) is 2. The number of amides is 2. The fourth-order valence-corrected chi connectivity index (χ4v) is 4.79. The number of nitrogens with zero attached hydrogens (tertiary/aromatic N) is 2. The Labute approximate surface area is 169 Å². The van der Waals surface area contributed by atoms with Crippen LogP contribution in [0.1, 0.15) is 54.9 Å². The van der Waals surface area contributed by atoms with Crippen LogP contribution in [0, 0.1) is 6.92 Å². The zero-order valence-corrected chi connectivity index (χ0v) is 16.7. The lowest BCUT2D eigenvalue weighted by atomic mass is 10.1. The number of hydroxylamine groups is 1. The average Bonchev–Trinajstić information content (AvgIpc) is 3.31. The van der Waals surface area contributed by atoms with E-state index in [2.05, 4.69) is 15.3 Å². The molecule has 1 saturated carbocycles. The summed E-state index contributed by atoms with van der Waals surface area (Å²) in [6.45, 7) is 2.33. The maximum absolute atomic E-state index is 12.8. The molecule has 2 heterocycles. The highest BCUT2D eigenvalue weighted by Crippen LogP contribution is 2.46. The van der Waals surface area contributed by atoms with Crippen molar-refractivity contribution in [1.82, 2.24) is 20.8 Å². The minimum atomic E-state index is -0.572. The molecule has 3 aromatic rings. The van der Waals surface area contributed by atoms with Gasteiger partial charge in [0.25, 0.3) is 11.8 Å². The van der Waals surface area contributed by atoms with Gasteiger partial charge in [-0.25, -0.2) is 15.4 Å². The fourth-order valence-electron chi connectivity index (χ4n) is 2.77. The standard InChI is InChI=1S/C19H18N4O3S2/c1-10-8-21-18(27-10)19-22-14(15(28-19)12-6-7-12)17(25)20-9-11-2-4-13(5-3-11)16(24)23-26/h2-5,8,12,26H,6-7,9H2,1H3,(H,20,25)(H,23,24). The predicted molar refractivity (Wildman–Crippen MR) is 107 cm³/mol. The van der Waals surface area contributed by atoms with Crippen molar-refractivity contribution in [3.63, 3.8) is 0 Å². The van der Waals surface area contributed by atoms with E-state index in [9.17, 15) is 9.59 Å². The van der Waals surface area contributed by atoms with Gasteiger partial charge in [-0.2, -0.15) is 0 Å². The van der Waals surface area contributed by atoms with Gasteiger partial charge in [0.2, 0.25) is 0 Å². The van der Waals surface area contributed by atoms with Crippen LogP contribution >= 0.6 is 22.7 Å². The van der Waals surface area contributed by atoms with E-state index in [0.29, 0.717) is 23.7 Å². The molecule has 1 aliphatic rings. The number of hydrogen-bond donors (Lipinski definition) is 3. The first-order valence-electron chi connectivity index (χ1n) is 8.80. The molecule has 0 saturated heterocycles. The van der Waals surface area contributed by atoms with Gasteiger partial charge in [-0.3, -0.25) is 14.8 Å². The van der Waals surface area contributed by atoms with E-state index < -0.39 is 5.91 Å². The van der Waals surface area contributed by atoms with Gasteiger partial charge >= 0.3 is 0 Å². The Morgan fingerprint density at radius 2 is 1.89 bits per heavy atom. The smallest absolute Gasteiger partial charge is 0.274 e. The number of aryl methyl sites for hydroxylation is 1. The Morgan fingerprint density at radius 3 is 2.50 bits per heavy atom. The number of rotatable bonds is 6. The first-order chi connectivity index (χ1) is 13.5. The highest BCUT2D eigenvalue weighted by atomic mass is 32.1. The van der Waals surface area contributed by atoms with Crippen molar-refractivity contribution in [3.05, 3.63) is 57.0 Å². The first-order valence-corrected chi connectivity index (χ1v) is 10.4. The van der Waals surface area contributed by atoms with Crippen molar-refractivity contribution in [1.29, 1.82) is 0 Å². The molecule has 1 fully saturated rings. The van der Waals surface area contributed by atoms with Crippen molar-refractivity contribution in [2.75, 3.05) is 0 Å². The lowest BCUT2D eigenvalue weighted by Gasteiger charge is -2.06. The molecular formula is C19H18N4O3S2. The van der Waals surface area contributed by atoms with Gasteiger partial charge in [-0.05, 0) is 43.4 Å². The molecule has 2 aromatic heterocycles. The third-order valence-corrected chi connectivity index (χ3v) is 6.66. The molecule has 7 nitrogen and oxygen atoms in total. The minimum Gasteiger partial charge on any atom is -0.347 e. The summed E-state index contributed by atoms with van der Waals surface area (Å²) < 4.78 is 0. The molecule has 0 radical (unpaired) electrons. The molecule has 1 aliphatic carbocycles. The topological polar surface area (TPSA) is 104 Å². The maximum atomic E-state index is 12.8. The number of benzene rings is 1. The molecule has 2 amide bonds. The number of carbonyl (C=O) groups is 2. The summed E-state index contributed by atoms with van der Waals surface area (Å²) >= 11 is 3.14. The summed E-state index contributed by atoms with van der Waals surface area (Å²) in [6, 6.07) is 6.65. The van der Waals surface area contributed by atoms with E-state index >= 15 is 0 Å². The van der Waals surface area contributed by atoms with Gasteiger partial charge < -0.3 is 5.32 Å². The van der Waals surface area contributed by atoms with Crippen molar-refractivity contribution >= 4 is 34.5 Å². The second-order valence-electron chi connectivity index (χ2n) is 6.60. The molecule has 4 rings (SSSR count). The summed E-state index contributed by atoms with van der Waals surface area (Å²) in [5, 5.41) is 13.2. The van der Waals surface area contributed by atoms with E-state index in [1.165, 1.54) is 0 Å². The monoisotopic (exact) mass is 414 g/mol. The minimum absolute atomic E-state index is 0.199. The summed E-state index contributed by atoms with van der Waals surface area (Å²) in [7, 11) is 0. The van der Waals surface area contributed by atoms with Gasteiger partial charge in [0.05, 0.1) is 0 Å². The van der Waals surface area contributed by atoms with Gasteiger partial charge in [0, 0.05) is 28.1 Å². The molecule has 28 heavy (non-hydrogen) atoms. The largest absolute Gasteiger partial charge is 0.347 e. The molecule has 0 unspecified atom stereocenters. The predicted octanol–water partition coefficient (Wildman–Crippen LogP) is 3.50. The van der Waals surface area contributed by atoms with Crippen molar-refractivity contribution < 1.29 is 14.8 Å².